The van der Waals surface area contributed by atoms with Gasteiger partial charge >= 0.3 is 12.1 Å². The molecule has 0 aliphatic rings. The Hall–Kier alpha value is -1.86. The molecule has 1 rings (SSSR count). The van der Waals surface area contributed by atoms with Crippen LogP contribution in [0.3, 0.4) is 0 Å². The third-order valence-corrected chi connectivity index (χ3v) is 2.98. The number of unbranched alkanes of at least 4 members (excludes halogenated alkanes) is 1. The number of rotatable bonds is 7. The van der Waals surface area contributed by atoms with E-state index in [-0.39, 0.29) is 6.54 Å². The zero-order chi connectivity index (χ0) is 16.8. The molecule has 1 amide bonds. The van der Waals surface area contributed by atoms with Gasteiger partial charge in [0.1, 0.15) is 5.75 Å². The number of carbonyl (C=O) groups is 1. The predicted octanol–water partition coefficient (Wildman–Crippen LogP) is 3.33. The number of hydrogen-bond donors (Lipinski definition) is 1. The van der Waals surface area contributed by atoms with E-state index in [2.05, 4.69) is 0 Å². The molecule has 1 aromatic rings. The zero-order valence-electron chi connectivity index (χ0n) is 11.8. The second-order valence-corrected chi connectivity index (χ2v) is 4.63. The fourth-order valence-electron chi connectivity index (χ4n) is 1.69. The van der Waals surface area contributed by atoms with E-state index in [0.717, 1.165) is 5.56 Å². The molecular formula is C14H16F5NO2. The highest BCUT2D eigenvalue weighted by atomic mass is 19.4. The van der Waals surface area contributed by atoms with Crippen molar-refractivity contribution in [3.8, 4) is 5.75 Å². The highest BCUT2D eigenvalue weighted by molar-refractivity contribution is 5.84. The molecule has 8 heteroatoms. The maximum Gasteiger partial charge on any atom is 0.463 e. The van der Waals surface area contributed by atoms with Crippen LogP contribution in [0, 0.1) is 0 Å². The first-order valence-electron chi connectivity index (χ1n) is 6.54. The second kappa shape index (κ2) is 7.42. The average molecular weight is 325 g/mol. The van der Waals surface area contributed by atoms with Crippen molar-refractivity contribution in [1.29, 1.82) is 0 Å². The first-order valence-corrected chi connectivity index (χ1v) is 6.54. The molecule has 1 N–H and O–H groups in total. The van der Waals surface area contributed by atoms with Gasteiger partial charge in [-0.3, -0.25) is 4.79 Å². The maximum atomic E-state index is 12.6. The molecule has 0 saturated carbocycles. The Labute approximate surface area is 124 Å². The van der Waals surface area contributed by atoms with Crippen LogP contribution in [-0.4, -0.2) is 31.7 Å². The molecule has 0 aliphatic heterocycles. The zero-order valence-corrected chi connectivity index (χ0v) is 11.8. The molecule has 0 heterocycles. The summed E-state index contributed by atoms with van der Waals surface area (Å²) in [6, 6.07) is 7.19. The van der Waals surface area contributed by atoms with Crippen molar-refractivity contribution in [1.82, 2.24) is 5.32 Å². The molecule has 124 valence electrons. The van der Waals surface area contributed by atoms with Crippen molar-refractivity contribution in [3.05, 3.63) is 29.8 Å². The van der Waals surface area contributed by atoms with Crippen LogP contribution in [0.4, 0.5) is 22.0 Å². The van der Waals surface area contributed by atoms with Gasteiger partial charge in [-0.2, -0.15) is 22.0 Å². The van der Waals surface area contributed by atoms with E-state index in [4.69, 9.17) is 4.74 Å². The molecule has 0 atom stereocenters. The number of amides is 1. The Morgan fingerprint density at radius 3 is 2.18 bits per heavy atom. The van der Waals surface area contributed by atoms with Crippen LogP contribution in [0.25, 0.3) is 0 Å². The monoisotopic (exact) mass is 325 g/mol. The second-order valence-electron chi connectivity index (χ2n) is 4.63. The first-order chi connectivity index (χ1) is 10.2. The van der Waals surface area contributed by atoms with Crippen molar-refractivity contribution in [2.24, 2.45) is 0 Å². The highest BCUT2D eigenvalue weighted by Gasteiger charge is 2.63. The van der Waals surface area contributed by atoms with E-state index < -0.39 is 18.0 Å². The van der Waals surface area contributed by atoms with E-state index >= 15 is 0 Å². The van der Waals surface area contributed by atoms with Gasteiger partial charge in [0.25, 0.3) is 5.91 Å². The summed E-state index contributed by atoms with van der Waals surface area (Å²) < 4.78 is 66.0. The summed E-state index contributed by atoms with van der Waals surface area (Å²) in [5.74, 6) is -6.97. The van der Waals surface area contributed by atoms with E-state index in [1.165, 1.54) is 7.11 Å². The summed E-state index contributed by atoms with van der Waals surface area (Å²) in [6.45, 7) is -0.235. The standard InChI is InChI=1S/C14H16F5NO2/c1-22-11-7-5-10(6-8-11)4-2-3-9-20-12(21)13(15,16)14(17,18)19/h5-8H,2-4,9H2,1H3,(H,20,21). The van der Waals surface area contributed by atoms with Crippen LogP contribution in [0.2, 0.25) is 0 Å². The first kappa shape index (κ1) is 18.2. The average Bonchev–Trinajstić information content (AvgIpc) is 2.46. The number of carbonyl (C=O) groups excluding carboxylic acids is 1. The van der Waals surface area contributed by atoms with Crippen molar-refractivity contribution in [3.63, 3.8) is 0 Å². The molecule has 0 saturated heterocycles. The van der Waals surface area contributed by atoms with Crippen LogP contribution < -0.4 is 10.1 Å². The number of benzene rings is 1. The summed E-state index contributed by atoms with van der Waals surface area (Å²) in [5.41, 5.74) is 0.979. The Morgan fingerprint density at radius 1 is 1.09 bits per heavy atom. The van der Waals surface area contributed by atoms with Crippen molar-refractivity contribution >= 4 is 5.91 Å². The summed E-state index contributed by atoms with van der Waals surface area (Å²) in [6.07, 6.45) is -4.41. The minimum Gasteiger partial charge on any atom is -0.497 e. The fraction of sp³-hybridized carbons (Fsp3) is 0.500. The van der Waals surface area contributed by atoms with Gasteiger partial charge in [0.05, 0.1) is 7.11 Å². The van der Waals surface area contributed by atoms with Crippen LogP contribution in [0.15, 0.2) is 24.3 Å². The quantitative estimate of drug-likeness (QED) is 0.617. The van der Waals surface area contributed by atoms with Gasteiger partial charge in [-0.05, 0) is 37.0 Å². The van der Waals surface area contributed by atoms with Gasteiger partial charge in [0.15, 0.2) is 0 Å². The predicted molar refractivity (Wildman–Crippen MR) is 69.9 cm³/mol. The van der Waals surface area contributed by atoms with E-state index in [1.807, 2.05) is 12.1 Å². The number of ether oxygens (including phenoxy) is 1. The van der Waals surface area contributed by atoms with Gasteiger partial charge in [0, 0.05) is 6.54 Å². The van der Waals surface area contributed by atoms with Crippen LogP contribution in [0.1, 0.15) is 18.4 Å². The Balaban J connectivity index is 2.29. The minimum atomic E-state index is -5.87. The minimum absolute atomic E-state index is 0.235. The van der Waals surface area contributed by atoms with E-state index in [0.29, 0.717) is 25.0 Å². The lowest BCUT2D eigenvalue weighted by molar-refractivity contribution is -0.269. The molecule has 3 nitrogen and oxygen atoms in total. The molecule has 22 heavy (non-hydrogen) atoms. The summed E-state index contributed by atoms with van der Waals surface area (Å²) in [7, 11) is 1.54. The molecule has 0 spiro atoms. The Kier molecular flexibility index (Phi) is 6.13. The van der Waals surface area contributed by atoms with E-state index in [9.17, 15) is 26.7 Å². The third-order valence-electron chi connectivity index (χ3n) is 2.98. The van der Waals surface area contributed by atoms with Crippen molar-refractivity contribution < 1.29 is 31.5 Å². The topological polar surface area (TPSA) is 38.3 Å². The summed E-state index contributed by atoms with van der Waals surface area (Å²) in [5, 5.41) is 1.61. The number of aryl methyl sites for hydroxylation is 1. The Morgan fingerprint density at radius 2 is 1.68 bits per heavy atom. The number of nitrogens with one attached hydrogen (secondary N) is 1. The van der Waals surface area contributed by atoms with Gasteiger partial charge in [-0.25, -0.2) is 0 Å². The summed E-state index contributed by atoms with van der Waals surface area (Å²) in [4.78, 5) is 10.8. The third kappa shape index (κ3) is 4.85. The fourth-order valence-corrected chi connectivity index (χ4v) is 1.69. The lowest BCUT2D eigenvalue weighted by Gasteiger charge is -2.18. The maximum absolute atomic E-state index is 12.6. The number of hydrogen-bond acceptors (Lipinski definition) is 2. The van der Waals surface area contributed by atoms with Gasteiger partial charge in [0.2, 0.25) is 0 Å². The van der Waals surface area contributed by atoms with Gasteiger partial charge < -0.3 is 10.1 Å². The van der Waals surface area contributed by atoms with Crippen molar-refractivity contribution in [2.45, 2.75) is 31.4 Å². The lowest BCUT2D eigenvalue weighted by atomic mass is 10.1. The highest BCUT2D eigenvalue weighted by Crippen LogP contribution is 2.35. The molecule has 0 unspecified atom stereocenters. The molecule has 0 aromatic heterocycles. The van der Waals surface area contributed by atoms with E-state index in [1.54, 1.807) is 17.4 Å². The molecule has 0 fully saturated rings. The molecule has 0 bridgehead atoms. The molecule has 0 radical (unpaired) electrons. The van der Waals surface area contributed by atoms with Crippen molar-refractivity contribution in [2.75, 3.05) is 13.7 Å². The number of methoxy groups -OCH3 is 1. The van der Waals surface area contributed by atoms with Gasteiger partial charge in [-0.15, -0.1) is 0 Å². The smallest absolute Gasteiger partial charge is 0.463 e. The summed E-state index contributed by atoms with van der Waals surface area (Å²) >= 11 is 0. The number of alkyl halides is 5. The van der Waals surface area contributed by atoms with Crippen LogP contribution in [-0.2, 0) is 11.2 Å². The molecule has 1 aromatic carbocycles. The molecule has 0 aliphatic carbocycles. The SMILES string of the molecule is COc1ccc(CCCCNC(=O)C(F)(F)C(F)(F)F)cc1. The lowest BCUT2D eigenvalue weighted by Crippen LogP contribution is -2.50. The largest absolute Gasteiger partial charge is 0.497 e. The number of halogens is 5. The Bertz CT molecular complexity index is 485. The normalized spacial score (nSPS) is 12.1. The van der Waals surface area contributed by atoms with Gasteiger partial charge in [-0.1, -0.05) is 12.1 Å². The van der Waals surface area contributed by atoms with Crippen LogP contribution in [0.5, 0.6) is 5.75 Å². The molecular weight excluding hydrogens is 309 g/mol. The van der Waals surface area contributed by atoms with Crippen LogP contribution >= 0.6 is 0 Å².